The van der Waals surface area contributed by atoms with Crippen LogP contribution in [-0.2, 0) is 0 Å². The van der Waals surface area contributed by atoms with Crippen molar-refractivity contribution in [3.8, 4) is 0 Å². The molecule has 0 aliphatic heterocycles. The minimum Gasteiger partial charge on any atom is -0.317 e. The summed E-state index contributed by atoms with van der Waals surface area (Å²) in [6.07, 6.45) is 8.71. The maximum Gasteiger partial charge on any atom is 0.0100 e. The van der Waals surface area contributed by atoms with E-state index < -0.39 is 0 Å². The Bertz CT molecular complexity index is 230. The van der Waals surface area contributed by atoms with E-state index in [4.69, 9.17) is 0 Å². The van der Waals surface area contributed by atoms with Crippen molar-refractivity contribution in [2.45, 2.75) is 65.3 Å². The summed E-state index contributed by atoms with van der Waals surface area (Å²) in [6.45, 7) is 7.47. The molecule has 3 unspecified atom stereocenters. The number of rotatable bonds is 3. The summed E-state index contributed by atoms with van der Waals surface area (Å²) in [7, 11) is 2.16. The predicted molar refractivity (Wildman–Crippen MR) is 70.5 cm³/mol. The van der Waals surface area contributed by atoms with E-state index in [-0.39, 0.29) is 0 Å². The molecule has 0 aromatic rings. The van der Waals surface area contributed by atoms with Crippen molar-refractivity contribution in [3.05, 3.63) is 0 Å². The van der Waals surface area contributed by atoms with Gasteiger partial charge in [0.05, 0.1) is 0 Å². The molecular weight excluding hydrogens is 194 g/mol. The molecule has 2 saturated carbocycles. The smallest absolute Gasteiger partial charge is 0.0100 e. The Balaban J connectivity index is 2.05. The van der Waals surface area contributed by atoms with Crippen LogP contribution < -0.4 is 5.32 Å². The molecule has 2 rings (SSSR count). The summed E-state index contributed by atoms with van der Waals surface area (Å²) >= 11 is 0. The third-order valence-corrected chi connectivity index (χ3v) is 5.60. The van der Waals surface area contributed by atoms with Crippen LogP contribution in [0.4, 0.5) is 0 Å². The maximum atomic E-state index is 3.59. The Morgan fingerprint density at radius 2 is 1.75 bits per heavy atom. The van der Waals surface area contributed by atoms with Crippen molar-refractivity contribution in [2.24, 2.45) is 23.2 Å². The summed E-state index contributed by atoms with van der Waals surface area (Å²) in [5, 5.41) is 3.59. The fraction of sp³-hybridized carbons (Fsp3) is 1.00. The van der Waals surface area contributed by atoms with Gasteiger partial charge in [-0.05, 0) is 55.9 Å². The van der Waals surface area contributed by atoms with E-state index in [0.29, 0.717) is 5.41 Å². The van der Waals surface area contributed by atoms with Crippen molar-refractivity contribution in [1.29, 1.82) is 0 Å². The van der Waals surface area contributed by atoms with Crippen molar-refractivity contribution in [3.63, 3.8) is 0 Å². The molecule has 94 valence electrons. The molecule has 0 bridgehead atoms. The number of hydrogen-bond donors (Lipinski definition) is 1. The first-order valence-electron chi connectivity index (χ1n) is 7.23. The third-order valence-electron chi connectivity index (χ3n) is 5.60. The predicted octanol–water partition coefficient (Wildman–Crippen LogP) is 3.84. The molecule has 0 amide bonds. The van der Waals surface area contributed by atoms with Crippen LogP contribution in [0.1, 0.15) is 59.3 Å². The average molecular weight is 223 g/mol. The fourth-order valence-electron chi connectivity index (χ4n) is 4.05. The second kappa shape index (κ2) is 4.68. The van der Waals surface area contributed by atoms with Gasteiger partial charge in [0, 0.05) is 6.04 Å². The van der Waals surface area contributed by atoms with Crippen LogP contribution in [0.25, 0.3) is 0 Å². The van der Waals surface area contributed by atoms with Gasteiger partial charge in [-0.2, -0.15) is 0 Å². The van der Waals surface area contributed by atoms with Gasteiger partial charge in [0.25, 0.3) is 0 Å². The van der Waals surface area contributed by atoms with Gasteiger partial charge in [-0.1, -0.05) is 33.6 Å². The monoisotopic (exact) mass is 223 g/mol. The van der Waals surface area contributed by atoms with E-state index in [1.807, 2.05) is 0 Å². The minimum absolute atomic E-state index is 0.562. The molecular formula is C15H29N. The van der Waals surface area contributed by atoms with E-state index in [1.54, 1.807) is 0 Å². The Labute approximate surface area is 101 Å². The molecule has 0 radical (unpaired) electrons. The van der Waals surface area contributed by atoms with Crippen molar-refractivity contribution in [2.75, 3.05) is 7.05 Å². The highest BCUT2D eigenvalue weighted by atomic mass is 14.9. The van der Waals surface area contributed by atoms with E-state index in [1.165, 1.54) is 38.5 Å². The SMILES string of the molecule is CNC1CC(C)CCC1C(C)(C)C1CCC1. The molecule has 0 saturated heterocycles. The molecule has 0 heterocycles. The second-order valence-electron chi connectivity index (χ2n) is 6.87. The van der Waals surface area contributed by atoms with Crippen LogP contribution in [0, 0.1) is 23.2 Å². The zero-order valence-corrected chi connectivity index (χ0v) is 11.6. The Kier molecular flexibility index (Phi) is 3.63. The van der Waals surface area contributed by atoms with E-state index >= 15 is 0 Å². The van der Waals surface area contributed by atoms with Crippen LogP contribution in [0.5, 0.6) is 0 Å². The zero-order chi connectivity index (χ0) is 11.8. The van der Waals surface area contributed by atoms with Gasteiger partial charge < -0.3 is 5.32 Å². The molecule has 0 spiro atoms. The van der Waals surface area contributed by atoms with Crippen molar-refractivity contribution >= 4 is 0 Å². The average Bonchev–Trinajstić information content (AvgIpc) is 2.13. The van der Waals surface area contributed by atoms with Gasteiger partial charge in [0.15, 0.2) is 0 Å². The molecule has 2 aliphatic rings. The lowest BCUT2D eigenvalue weighted by atomic mass is 9.56. The summed E-state index contributed by atoms with van der Waals surface area (Å²) in [5.41, 5.74) is 0.562. The van der Waals surface area contributed by atoms with Crippen LogP contribution in [0.3, 0.4) is 0 Å². The van der Waals surface area contributed by atoms with Gasteiger partial charge in [-0.3, -0.25) is 0 Å². The molecule has 1 nitrogen and oxygen atoms in total. The van der Waals surface area contributed by atoms with Crippen LogP contribution in [0.2, 0.25) is 0 Å². The lowest BCUT2D eigenvalue weighted by Gasteiger charge is -2.51. The van der Waals surface area contributed by atoms with Gasteiger partial charge in [0.2, 0.25) is 0 Å². The largest absolute Gasteiger partial charge is 0.317 e. The zero-order valence-electron chi connectivity index (χ0n) is 11.6. The van der Waals surface area contributed by atoms with Gasteiger partial charge in [0.1, 0.15) is 0 Å². The first-order chi connectivity index (χ1) is 7.55. The van der Waals surface area contributed by atoms with Crippen LogP contribution in [-0.4, -0.2) is 13.1 Å². The Morgan fingerprint density at radius 3 is 2.25 bits per heavy atom. The highest BCUT2D eigenvalue weighted by molar-refractivity contribution is 4.96. The minimum atomic E-state index is 0.562. The molecule has 1 N–H and O–H groups in total. The highest BCUT2D eigenvalue weighted by Crippen LogP contribution is 2.51. The van der Waals surface area contributed by atoms with Crippen molar-refractivity contribution < 1.29 is 0 Å². The quantitative estimate of drug-likeness (QED) is 0.766. The number of nitrogens with one attached hydrogen (secondary N) is 1. The molecule has 16 heavy (non-hydrogen) atoms. The maximum absolute atomic E-state index is 3.59. The summed E-state index contributed by atoms with van der Waals surface area (Å²) in [5.74, 6) is 2.83. The normalized spacial score (nSPS) is 37.1. The van der Waals surface area contributed by atoms with Gasteiger partial charge in [-0.15, -0.1) is 0 Å². The standard InChI is InChI=1S/C15H29N/c1-11-8-9-13(14(10-11)16-4)15(2,3)12-6-5-7-12/h11-14,16H,5-10H2,1-4H3. The first-order valence-corrected chi connectivity index (χ1v) is 7.23. The summed E-state index contributed by atoms with van der Waals surface area (Å²) in [4.78, 5) is 0. The summed E-state index contributed by atoms with van der Waals surface area (Å²) in [6, 6.07) is 0.763. The molecule has 0 aromatic heterocycles. The third kappa shape index (κ3) is 2.16. The number of hydrogen-bond acceptors (Lipinski definition) is 1. The van der Waals surface area contributed by atoms with Crippen LogP contribution in [0.15, 0.2) is 0 Å². The highest BCUT2D eigenvalue weighted by Gasteiger charge is 2.44. The van der Waals surface area contributed by atoms with Gasteiger partial charge in [-0.25, -0.2) is 0 Å². The Morgan fingerprint density at radius 1 is 1.06 bits per heavy atom. The molecule has 2 fully saturated rings. The Hall–Kier alpha value is -0.0400. The molecule has 2 aliphatic carbocycles. The second-order valence-corrected chi connectivity index (χ2v) is 6.87. The first kappa shape index (κ1) is 12.4. The lowest BCUT2D eigenvalue weighted by Crippen LogP contribution is -2.49. The van der Waals surface area contributed by atoms with E-state index in [2.05, 4.69) is 33.1 Å². The van der Waals surface area contributed by atoms with Crippen molar-refractivity contribution in [1.82, 2.24) is 5.32 Å². The molecule has 1 heteroatoms. The summed E-state index contributed by atoms with van der Waals surface area (Å²) < 4.78 is 0. The fourth-order valence-corrected chi connectivity index (χ4v) is 4.05. The lowest BCUT2D eigenvalue weighted by molar-refractivity contribution is 0.00880. The van der Waals surface area contributed by atoms with E-state index in [9.17, 15) is 0 Å². The molecule has 3 atom stereocenters. The van der Waals surface area contributed by atoms with E-state index in [0.717, 1.165) is 23.8 Å². The van der Waals surface area contributed by atoms with Crippen LogP contribution >= 0.6 is 0 Å². The van der Waals surface area contributed by atoms with Gasteiger partial charge >= 0.3 is 0 Å². The molecule has 0 aromatic carbocycles. The topological polar surface area (TPSA) is 12.0 Å².